The summed E-state index contributed by atoms with van der Waals surface area (Å²) in [4.78, 5) is 21.2. The van der Waals surface area contributed by atoms with E-state index in [4.69, 9.17) is 4.42 Å². The predicted octanol–water partition coefficient (Wildman–Crippen LogP) is 2.52. The lowest BCUT2D eigenvalue weighted by Gasteiger charge is -2.24. The highest BCUT2D eigenvalue weighted by molar-refractivity contribution is 5.78. The van der Waals surface area contributed by atoms with Gasteiger partial charge >= 0.3 is 0 Å². The van der Waals surface area contributed by atoms with Crippen molar-refractivity contribution in [1.29, 1.82) is 0 Å². The second-order valence-corrected chi connectivity index (χ2v) is 6.44. The van der Waals surface area contributed by atoms with Crippen molar-refractivity contribution in [2.45, 2.75) is 38.8 Å². The first kappa shape index (κ1) is 15.6. The standard InChI is InChI=1S/C19H20N4O2/c1-13-10-23-11-15(7-8-17(23)20-13)21-18(24)9-16-12-25-19(22-16)14-5-3-2-4-6-14/h2-6,10,12,15H,7-9,11H2,1H3,(H,21,24)/t15-/m0/s1. The number of hydrogen-bond acceptors (Lipinski definition) is 4. The van der Waals surface area contributed by atoms with E-state index >= 15 is 0 Å². The molecule has 0 radical (unpaired) electrons. The van der Waals surface area contributed by atoms with Crippen LogP contribution in [-0.2, 0) is 24.2 Å². The first-order valence-electron chi connectivity index (χ1n) is 8.49. The van der Waals surface area contributed by atoms with Crippen LogP contribution in [0.5, 0.6) is 0 Å². The van der Waals surface area contributed by atoms with Crippen molar-refractivity contribution < 1.29 is 9.21 Å². The molecule has 1 N–H and O–H groups in total. The molecule has 0 saturated carbocycles. The zero-order valence-electron chi connectivity index (χ0n) is 14.1. The highest BCUT2D eigenvalue weighted by Gasteiger charge is 2.21. The first-order valence-corrected chi connectivity index (χ1v) is 8.49. The normalized spacial score (nSPS) is 16.4. The van der Waals surface area contributed by atoms with Crippen LogP contribution in [0.25, 0.3) is 11.5 Å². The Balaban J connectivity index is 1.36. The van der Waals surface area contributed by atoms with Gasteiger partial charge in [0.1, 0.15) is 12.1 Å². The molecule has 1 aromatic carbocycles. The molecule has 3 aromatic rings. The third kappa shape index (κ3) is 3.47. The lowest BCUT2D eigenvalue weighted by molar-refractivity contribution is -0.121. The molecule has 0 unspecified atom stereocenters. The number of aryl methyl sites for hydroxylation is 2. The number of imidazole rings is 1. The fourth-order valence-corrected chi connectivity index (χ4v) is 3.25. The Labute approximate surface area is 145 Å². The van der Waals surface area contributed by atoms with Gasteiger partial charge in [0.05, 0.1) is 17.8 Å². The van der Waals surface area contributed by atoms with Crippen LogP contribution in [0.4, 0.5) is 0 Å². The van der Waals surface area contributed by atoms with Crippen LogP contribution in [0.1, 0.15) is 23.6 Å². The van der Waals surface area contributed by atoms with Crippen molar-refractivity contribution in [2.75, 3.05) is 0 Å². The van der Waals surface area contributed by atoms with Gasteiger partial charge in [-0.15, -0.1) is 0 Å². The molecule has 1 aliphatic rings. The molecule has 0 fully saturated rings. The van der Waals surface area contributed by atoms with Gasteiger partial charge in [0.25, 0.3) is 0 Å². The molecule has 3 heterocycles. The zero-order valence-corrected chi connectivity index (χ0v) is 14.1. The third-order valence-corrected chi connectivity index (χ3v) is 4.39. The number of nitrogens with zero attached hydrogens (tertiary/aromatic N) is 3. The fraction of sp³-hybridized carbons (Fsp3) is 0.316. The van der Waals surface area contributed by atoms with Gasteiger partial charge in [0.15, 0.2) is 0 Å². The number of nitrogens with one attached hydrogen (secondary N) is 1. The summed E-state index contributed by atoms with van der Waals surface area (Å²) in [6.45, 7) is 2.77. The van der Waals surface area contributed by atoms with E-state index in [2.05, 4.69) is 19.9 Å². The van der Waals surface area contributed by atoms with Crippen molar-refractivity contribution >= 4 is 5.91 Å². The van der Waals surface area contributed by atoms with Gasteiger partial charge < -0.3 is 14.3 Å². The van der Waals surface area contributed by atoms with Crippen molar-refractivity contribution in [3.8, 4) is 11.5 Å². The smallest absolute Gasteiger partial charge is 0.226 e. The van der Waals surface area contributed by atoms with Crippen LogP contribution < -0.4 is 5.32 Å². The van der Waals surface area contributed by atoms with Gasteiger partial charge in [0.2, 0.25) is 11.8 Å². The summed E-state index contributed by atoms with van der Waals surface area (Å²) >= 11 is 0. The van der Waals surface area contributed by atoms with Gasteiger partial charge in [0, 0.05) is 30.8 Å². The molecule has 0 aliphatic carbocycles. The van der Waals surface area contributed by atoms with Gasteiger partial charge in [-0.25, -0.2) is 9.97 Å². The van der Waals surface area contributed by atoms with Crippen molar-refractivity contribution in [3.05, 3.63) is 60.0 Å². The van der Waals surface area contributed by atoms with Crippen LogP contribution in [0.15, 0.2) is 47.2 Å². The Bertz CT molecular complexity index is 882. The quantitative estimate of drug-likeness (QED) is 0.794. The molecule has 4 rings (SSSR count). The van der Waals surface area contributed by atoms with E-state index in [-0.39, 0.29) is 18.4 Å². The molecule has 128 valence electrons. The number of benzene rings is 1. The van der Waals surface area contributed by atoms with Gasteiger partial charge in [-0.1, -0.05) is 18.2 Å². The molecule has 25 heavy (non-hydrogen) atoms. The topological polar surface area (TPSA) is 73.0 Å². The largest absolute Gasteiger partial charge is 0.444 e. The number of aromatic nitrogens is 3. The summed E-state index contributed by atoms with van der Waals surface area (Å²) in [7, 11) is 0. The maximum Gasteiger partial charge on any atom is 0.226 e. The summed E-state index contributed by atoms with van der Waals surface area (Å²) in [5, 5.41) is 3.10. The Kier molecular flexibility index (Phi) is 4.09. The molecule has 1 atom stereocenters. The van der Waals surface area contributed by atoms with Crippen molar-refractivity contribution in [3.63, 3.8) is 0 Å². The van der Waals surface area contributed by atoms with Gasteiger partial charge in [-0.3, -0.25) is 4.79 Å². The van der Waals surface area contributed by atoms with E-state index in [1.807, 2.05) is 43.5 Å². The van der Waals surface area contributed by atoms with Crippen LogP contribution in [0.3, 0.4) is 0 Å². The van der Waals surface area contributed by atoms with Crippen LogP contribution in [0, 0.1) is 6.92 Å². The molecule has 0 saturated heterocycles. The average Bonchev–Trinajstić information content (AvgIpc) is 3.21. The molecule has 2 aromatic heterocycles. The number of fused-ring (bicyclic) bond motifs is 1. The average molecular weight is 336 g/mol. The second kappa shape index (κ2) is 6.55. The molecule has 6 heteroatoms. The molecule has 6 nitrogen and oxygen atoms in total. The lowest BCUT2D eigenvalue weighted by Crippen LogP contribution is -2.41. The van der Waals surface area contributed by atoms with E-state index in [9.17, 15) is 4.79 Å². The summed E-state index contributed by atoms with van der Waals surface area (Å²) in [5.41, 5.74) is 2.58. The van der Waals surface area contributed by atoms with E-state index in [0.717, 1.165) is 36.5 Å². The van der Waals surface area contributed by atoms with Crippen LogP contribution >= 0.6 is 0 Å². The number of hydrogen-bond donors (Lipinski definition) is 1. The Morgan fingerprint density at radius 2 is 2.16 bits per heavy atom. The maximum absolute atomic E-state index is 12.3. The van der Waals surface area contributed by atoms with Crippen molar-refractivity contribution in [1.82, 2.24) is 19.9 Å². The van der Waals surface area contributed by atoms with Crippen molar-refractivity contribution in [2.24, 2.45) is 0 Å². The number of carbonyl (C=O) groups is 1. The number of oxazole rings is 1. The van der Waals surface area contributed by atoms with E-state index in [1.54, 1.807) is 6.26 Å². The maximum atomic E-state index is 12.3. The first-order chi connectivity index (χ1) is 12.2. The fourth-order valence-electron chi connectivity index (χ4n) is 3.25. The highest BCUT2D eigenvalue weighted by Crippen LogP contribution is 2.18. The highest BCUT2D eigenvalue weighted by atomic mass is 16.3. The number of carbonyl (C=O) groups excluding carboxylic acids is 1. The summed E-state index contributed by atoms with van der Waals surface area (Å²) in [6, 6.07) is 9.81. The molecule has 1 aliphatic heterocycles. The van der Waals surface area contributed by atoms with Gasteiger partial charge in [-0.2, -0.15) is 0 Å². The predicted molar refractivity (Wildman–Crippen MR) is 92.9 cm³/mol. The summed E-state index contributed by atoms with van der Waals surface area (Å²) in [5.74, 6) is 1.62. The Morgan fingerprint density at radius 3 is 3.00 bits per heavy atom. The minimum atomic E-state index is -0.0294. The Morgan fingerprint density at radius 1 is 1.32 bits per heavy atom. The molecular weight excluding hydrogens is 316 g/mol. The minimum Gasteiger partial charge on any atom is -0.444 e. The SMILES string of the molecule is Cc1cn2c(n1)CC[C@H](NC(=O)Cc1coc(-c3ccccc3)n1)C2. The van der Waals surface area contributed by atoms with E-state index in [0.29, 0.717) is 11.6 Å². The molecule has 0 bridgehead atoms. The van der Waals surface area contributed by atoms with Crippen LogP contribution in [-0.4, -0.2) is 26.5 Å². The number of amides is 1. The number of rotatable bonds is 4. The van der Waals surface area contributed by atoms with E-state index < -0.39 is 0 Å². The molecule has 1 amide bonds. The Hall–Kier alpha value is -2.89. The lowest BCUT2D eigenvalue weighted by atomic mass is 10.1. The molecule has 0 spiro atoms. The monoisotopic (exact) mass is 336 g/mol. The van der Waals surface area contributed by atoms with E-state index in [1.165, 1.54) is 0 Å². The van der Waals surface area contributed by atoms with Gasteiger partial charge in [-0.05, 0) is 25.5 Å². The third-order valence-electron chi connectivity index (χ3n) is 4.39. The molecular formula is C19H20N4O2. The zero-order chi connectivity index (χ0) is 17.2. The van der Waals surface area contributed by atoms with Crippen LogP contribution in [0.2, 0.25) is 0 Å². The minimum absolute atomic E-state index is 0.0294. The summed E-state index contributed by atoms with van der Waals surface area (Å²) < 4.78 is 7.62. The summed E-state index contributed by atoms with van der Waals surface area (Å²) in [6.07, 6.45) is 5.62. The second-order valence-electron chi connectivity index (χ2n) is 6.44.